The minimum Gasteiger partial charge on any atom is -0.314 e. The highest BCUT2D eigenvalue weighted by Gasteiger charge is 2.16. The molecule has 1 aliphatic rings. The second-order valence-electron chi connectivity index (χ2n) is 4.28. The lowest BCUT2D eigenvalue weighted by molar-refractivity contribution is 0.560. The highest BCUT2D eigenvalue weighted by Crippen LogP contribution is 2.16. The van der Waals surface area contributed by atoms with Gasteiger partial charge in [-0.3, -0.25) is 0 Å². The van der Waals surface area contributed by atoms with Gasteiger partial charge in [0.15, 0.2) is 0 Å². The van der Waals surface area contributed by atoms with Crippen LogP contribution < -0.4 is 5.32 Å². The smallest absolute Gasteiger partial charge is 0.126 e. The maximum Gasteiger partial charge on any atom is 0.126 e. The first-order chi connectivity index (χ1) is 7.29. The summed E-state index contributed by atoms with van der Waals surface area (Å²) >= 11 is 0. The van der Waals surface area contributed by atoms with Crippen molar-refractivity contribution < 1.29 is 4.39 Å². The van der Waals surface area contributed by atoms with Gasteiger partial charge >= 0.3 is 0 Å². The van der Waals surface area contributed by atoms with Crippen molar-refractivity contribution in [2.24, 2.45) is 0 Å². The van der Waals surface area contributed by atoms with Crippen molar-refractivity contribution >= 4 is 0 Å². The number of benzene rings is 1. The SMILES string of the molecule is CCc1ccc(F)c(CC2CCCN2)c1. The third-order valence-electron chi connectivity index (χ3n) is 3.15. The van der Waals surface area contributed by atoms with E-state index >= 15 is 0 Å². The van der Waals surface area contributed by atoms with E-state index in [2.05, 4.69) is 12.2 Å². The van der Waals surface area contributed by atoms with Gasteiger partial charge in [0.25, 0.3) is 0 Å². The quantitative estimate of drug-likeness (QED) is 0.803. The van der Waals surface area contributed by atoms with Gasteiger partial charge in [0.2, 0.25) is 0 Å². The fourth-order valence-corrected chi connectivity index (χ4v) is 2.20. The van der Waals surface area contributed by atoms with Crippen LogP contribution in [0.5, 0.6) is 0 Å². The zero-order valence-corrected chi connectivity index (χ0v) is 9.22. The first kappa shape index (κ1) is 10.6. The number of nitrogens with one attached hydrogen (secondary N) is 1. The van der Waals surface area contributed by atoms with Crippen LogP contribution in [-0.2, 0) is 12.8 Å². The molecule has 1 heterocycles. The molecule has 1 aromatic rings. The molecule has 1 N–H and O–H groups in total. The normalized spacial score (nSPS) is 20.8. The largest absolute Gasteiger partial charge is 0.314 e. The standard InChI is InChI=1S/C13H18FN/c1-2-10-5-6-13(14)11(8-10)9-12-4-3-7-15-12/h5-6,8,12,15H,2-4,7,9H2,1H3. The predicted molar refractivity (Wildman–Crippen MR) is 60.5 cm³/mol. The molecule has 2 rings (SSSR count). The van der Waals surface area contributed by atoms with E-state index in [1.54, 1.807) is 6.07 Å². The molecule has 0 spiro atoms. The van der Waals surface area contributed by atoms with Crippen molar-refractivity contribution in [1.82, 2.24) is 5.32 Å². The van der Waals surface area contributed by atoms with Gasteiger partial charge in [-0.25, -0.2) is 4.39 Å². The van der Waals surface area contributed by atoms with Gasteiger partial charge in [-0.2, -0.15) is 0 Å². The molecule has 1 fully saturated rings. The third-order valence-corrected chi connectivity index (χ3v) is 3.15. The van der Waals surface area contributed by atoms with Crippen molar-refractivity contribution in [2.45, 2.75) is 38.6 Å². The van der Waals surface area contributed by atoms with E-state index < -0.39 is 0 Å². The molecule has 82 valence electrons. The number of hydrogen-bond donors (Lipinski definition) is 1. The Bertz CT molecular complexity index is 329. The van der Waals surface area contributed by atoms with Crippen molar-refractivity contribution in [3.8, 4) is 0 Å². The molecule has 1 unspecified atom stereocenters. The van der Waals surface area contributed by atoms with E-state index in [0.29, 0.717) is 6.04 Å². The van der Waals surface area contributed by atoms with Crippen LogP contribution >= 0.6 is 0 Å². The summed E-state index contributed by atoms with van der Waals surface area (Å²) in [5.74, 6) is -0.0547. The zero-order valence-electron chi connectivity index (χ0n) is 9.22. The highest BCUT2D eigenvalue weighted by atomic mass is 19.1. The molecular formula is C13H18FN. The number of aryl methyl sites for hydroxylation is 1. The van der Waals surface area contributed by atoms with Crippen molar-refractivity contribution in [2.75, 3.05) is 6.54 Å². The molecule has 15 heavy (non-hydrogen) atoms. The first-order valence-corrected chi connectivity index (χ1v) is 5.80. The van der Waals surface area contributed by atoms with E-state index in [0.717, 1.165) is 24.9 Å². The summed E-state index contributed by atoms with van der Waals surface area (Å²) in [6.45, 7) is 3.19. The van der Waals surface area contributed by atoms with Crippen LogP contribution in [0.2, 0.25) is 0 Å². The van der Waals surface area contributed by atoms with Gasteiger partial charge in [0.05, 0.1) is 0 Å². The Morgan fingerprint density at radius 2 is 2.33 bits per heavy atom. The Kier molecular flexibility index (Phi) is 3.37. The molecule has 1 saturated heterocycles. The second-order valence-corrected chi connectivity index (χ2v) is 4.28. The number of halogens is 1. The summed E-state index contributed by atoms with van der Waals surface area (Å²) in [4.78, 5) is 0. The number of rotatable bonds is 3. The average molecular weight is 207 g/mol. The number of hydrogen-bond acceptors (Lipinski definition) is 1. The maximum absolute atomic E-state index is 13.5. The van der Waals surface area contributed by atoms with Gasteiger partial charge in [0, 0.05) is 6.04 Å². The second kappa shape index (κ2) is 4.75. The minimum absolute atomic E-state index is 0.0547. The lowest BCUT2D eigenvalue weighted by atomic mass is 10.0. The van der Waals surface area contributed by atoms with Crippen LogP contribution in [0, 0.1) is 5.82 Å². The molecule has 0 bridgehead atoms. The molecule has 1 atom stereocenters. The van der Waals surface area contributed by atoms with E-state index in [1.165, 1.54) is 18.4 Å². The molecule has 1 aliphatic heterocycles. The van der Waals surface area contributed by atoms with Crippen LogP contribution in [-0.4, -0.2) is 12.6 Å². The summed E-state index contributed by atoms with van der Waals surface area (Å²) < 4.78 is 13.5. The predicted octanol–water partition coefficient (Wildman–Crippen LogP) is 2.68. The molecule has 2 heteroatoms. The summed E-state index contributed by atoms with van der Waals surface area (Å²) in [6, 6.07) is 5.96. The van der Waals surface area contributed by atoms with Crippen molar-refractivity contribution in [1.29, 1.82) is 0 Å². The molecule has 1 nitrogen and oxygen atoms in total. The topological polar surface area (TPSA) is 12.0 Å². The molecule has 0 radical (unpaired) electrons. The van der Waals surface area contributed by atoms with E-state index in [1.807, 2.05) is 12.1 Å². The third kappa shape index (κ3) is 2.57. The molecule has 0 aliphatic carbocycles. The average Bonchev–Trinajstić information content (AvgIpc) is 2.74. The Morgan fingerprint density at radius 3 is 3.00 bits per heavy atom. The molecule has 1 aromatic carbocycles. The van der Waals surface area contributed by atoms with E-state index in [9.17, 15) is 4.39 Å². The van der Waals surface area contributed by atoms with Crippen LogP contribution in [0.4, 0.5) is 4.39 Å². The summed E-state index contributed by atoms with van der Waals surface area (Å²) in [7, 11) is 0. The Balaban J connectivity index is 2.11. The van der Waals surface area contributed by atoms with Gasteiger partial charge < -0.3 is 5.32 Å². The fourth-order valence-electron chi connectivity index (χ4n) is 2.20. The van der Waals surface area contributed by atoms with Crippen molar-refractivity contribution in [3.63, 3.8) is 0 Å². The summed E-state index contributed by atoms with van der Waals surface area (Å²) in [5.41, 5.74) is 2.10. The zero-order chi connectivity index (χ0) is 10.7. The molecule has 0 amide bonds. The lowest BCUT2D eigenvalue weighted by Crippen LogP contribution is -2.24. The summed E-state index contributed by atoms with van der Waals surface area (Å²) in [6.07, 6.45) is 4.21. The Labute approximate surface area is 90.7 Å². The van der Waals surface area contributed by atoms with Crippen LogP contribution in [0.1, 0.15) is 30.9 Å². The summed E-state index contributed by atoms with van der Waals surface area (Å²) in [5, 5.41) is 3.40. The minimum atomic E-state index is -0.0547. The molecular weight excluding hydrogens is 189 g/mol. The van der Waals surface area contributed by atoms with Crippen LogP contribution in [0.3, 0.4) is 0 Å². The van der Waals surface area contributed by atoms with Gasteiger partial charge in [0.1, 0.15) is 5.82 Å². The van der Waals surface area contributed by atoms with Crippen LogP contribution in [0.25, 0.3) is 0 Å². The molecule has 0 saturated carbocycles. The Hall–Kier alpha value is -0.890. The fraction of sp³-hybridized carbons (Fsp3) is 0.538. The monoisotopic (exact) mass is 207 g/mol. The van der Waals surface area contributed by atoms with Gasteiger partial charge in [-0.15, -0.1) is 0 Å². The van der Waals surface area contributed by atoms with Gasteiger partial charge in [-0.1, -0.05) is 19.1 Å². The maximum atomic E-state index is 13.5. The Morgan fingerprint density at radius 1 is 1.47 bits per heavy atom. The molecule has 0 aromatic heterocycles. The lowest BCUT2D eigenvalue weighted by Gasteiger charge is -2.11. The highest BCUT2D eigenvalue weighted by molar-refractivity contribution is 5.26. The first-order valence-electron chi connectivity index (χ1n) is 5.80. The van der Waals surface area contributed by atoms with Crippen LogP contribution in [0.15, 0.2) is 18.2 Å². The van der Waals surface area contributed by atoms with E-state index in [4.69, 9.17) is 0 Å². The van der Waals surface area contributed by atoms with Gasteiger partial charge in [-0.05, 0) is 49.4 Å². The van der Waals surface area contributed by atoms with E-state index in [-0.39, 0.29) is 5.82 Å². The van der Waals surface area contributed by atoms with Crippen molar-refractivity contribution in [3.05, 3.63) is 35.1 Å².